The van der Waals surface area contributed by atoms with Crippen LogP contribution in [-0.4, -0.2) is 9.97 Å². The van der Waals surface area contributed by atoms with Gasteiger partial charge in [0.1, 0.15) is 11.2 Å². The highest BCUT2D eigenvalue weighted by atomic mass is 16.3. The predicted octanol–water partition coefficient (Wildman–Crippen LogP) is 14.7. The van der Waals surface area contributed by atoms with Crippen molar-refractivity contribution < 1.29 is 4.42 Å². The summed E-state index contributed by atoms with van der Waals surface area (Å²) in [4.78, 5) is 10.5. The van der Waals surface area contributed by atoms with E-state index >= 15 is 0 Å². The summed E-state index contributed by atoms with van der Waals surface area (Å²) in [5.74, 6) is 0.683. The molecule has 2 heterocycles. The molecule has 0 saturated heterocycles. The fraction of sp³-hybridized carbons (Fsp3) is 0.0545. The summed E-state index contributed by atoms with van der Waals surface area (Å²) in [6, 6.07) is 68.9. The molecule has 1 aliphatic rings. The molecule has 0 spiro atoms. The molecule has 0 unspecified atom stereocenters. The van der Waals surface area contributed by atoms with Gasteiger partial charge in [-0.3, -0.25) is 0 Å². The van der Waals surface area contributed by atoms with E-state index in [9.17, 15) is 0 Å². The summed E-state index contributed by atoms with van der Waals surface area (Å²) in [6.07, 6.45) is 0. The second-order valence-corrected chi connectivity index (χ2v) is 15.8. The first-order valence-electron chi connectivity index (χ1n) is 19.9. The van der Waals surface area contributed by atoms with Crippen LogP contribution in [0.2, 0.25) is 0 Å². The van der Waals surface area contributed by atoms with E-state index in [1.807, 2.05) is 18.2 Å². The van der Waals surface area contributed by atoms with Crippen molar-refractivity contribution in [2.45, 2.75) is 19.3 Å². The number of rotatable bonds is 6. The Morgan fingerprint density at radius 1 is 0.362 bits per heavy atom. The molecule has 3 heteroatoms. The number of fused-ring (bicyclic) bond motifs is 6. The SMILES string of the molecule is CC1(C)c2ccccc2-c2ccc(-c3ccc(-c4nc(-c5ccccc5)cc(-c5cc(-c6ccccc6)cc(-c6cccc7oc8ccccc8c67)c5)n4)cc3)cc21. The smallest absolute Gasteiger partial charge is 0.160 e. The lowest BCUT2D eigenvalue weighted by atomic mass is 9.81. The molecule has 2 aromatic heterocycles. The summed E-state index contributed by atoms with van der Waals surface area (Å²) in [5.41, 5.74) is 18.7. The zero-order chi connectivity index (χ0) is 38.8. The molecule has 0 aliphatic heterocycles. The second-order valence-electron chi connectivity index (χ2n) is 15.8. The van der Waals surface area contributed by atoms with Crippen LogP contribution >= 0.6 is 0 Å². The molecule has 0 amide bonds. The van der Waals surface area contributed by atoms with Gasteiger partial charge in [-0.15, -0.1) is 0 Å². The van der Waals surface area contributed by atoms with E-state index in [1.54, 1.807) is 0 Å². The monoisotopic (exact) mass is 742 g/mol. The Kier molecular flexibility index (Phi) is 7.84. The molecule has 8 aromatic carbocycles. The van der Waals surface area contributed by atoms with Crippen LogP contribution in [0.3, 0.4) is 0 Å². The lowest BCUT2D eigenvalue weighted by Gasteiger charge is -2.22. The van der Waals surface area contributed by atoms with Gasteiger partial charge in [-0.1, -0.05) is 166 Å². The van der Waals surface area contributed by atoms with Crippen LogP contribution in [0.15, 0.2) is 199 Å². The average Bonchev–Trinajstić information content (AvgIpc) is 3.78. The zero-order valence-electron chi connectivity index (χ0n) is 32.3. The molecule has 0 N–H and O–H groups in total. The highest BCUT2D eigenvalue weighted by Gasteiger charge is 2.35. The molecule has 0 bridgehead atoms. The minimum absolute atomic E-state index is 0.0551. The van der Waals surface area contributed by atoms with Crippen LogP contribution in [0.1, 0.15) is 25.0 Å². The Hall–Kier alpha value is -7.36. The van der Waals surface area contributed by atoms with Crippen molar-refractivity contribution in [1.82, 2.24) is 9.97 Å². The molecular weight excluding hydrogens is 705 g/mol. The van der Waals surface area contributed by atoms with Crippen molar-refractivity contribution in [3.8, 4) is 78.4 Å². The Morgan fingerprint density at radius 2 is 0.931 bits per heavy atom. The van der Waals surface area contributed by atoms with Crippen molar-refractivity contribution in [2.75, 3.05) is 0 Å². The molecule has 274 valence electrons. The van der Waals surface area contributed by atoms with Crippen LogP contribution in [0, 0.1) is 0 Å². The van der Waals surface area contributed by atoms with Crippen LogP contribution in [0.25, 0.3) is 100 Å². The normalized spacial score (nSPS) is 12.8. The van der Waals surface area contributed by atoms with Crippen molar-refractivity contribution in [3.05, 3.63) is 205 Å². The standard InChI is InChI=1S/C55H38N2O/c1-55(2)47-21-11-9-18-44(47)45-29-28-39(33-48(45)55)36-24-26-38(27-25-36)54-56-49(37-16-7-4-8-17-37)34-50(57-54)42-31-40(35-14-5-3-6-15-35)30-41(32-42)43-20-13-23-52-53(43)46-19-10-12-22-51(46)58-52/h3-34H,1-2H3. The minimum atomic E-state index is -0.0551. The molecule has 0 radical (unpaired) electrons. The van der Waals surface area contributed by atoms with Gasteiger partial charge in [0.15, 0.2) is 5.82 Å². The lowest BCUT2D eigenvalue weighted by Crippen LogP contribution is -2.14. The highest BCUT2D eigenvalue weighted by Crippen LogP contribution is 2.49. The summed E-state index contributed by atoms with van der Waals surface area (Å²) in [7, 11) is 0. The molecule has 58 heavy (non-hydrogen) atoms. The molecule has 0 atom stereocenters. The molecule has 3 nitrogen and oxygen atoms in total. The Balaban J connectivity index is 1.05. The maximum Gasteiger partial charge on any atom is 0.160 e. The van der Waals surface area contributed by atoms with Gasteiger partial charge < -0.3 is 4.42 Å². The van der Waals surface area contributed by atoms with Gasteiger partial charge in [0.25, 0.3) is 0 Å². The topological polar surface area (TPSA) is 38.9 Å². The van der Waals surface area contributed by atoms with E-state index < -0.39 is 0 Å². The van der Waals surface area contributed by atoms with Crippen LogP contribution in [0.5, 0.6) is 0 Å². The van der Waals surface area contributed by atoms with Crippen LogP contribution < -0.4 is 0 Å². The molecule has 0 fully saturated rings. The molecule has 11 rings (SSSR count). The maximum atomic E-state index is 6.33. The first-order valence-corrected chi connectivity index (χ1v) is 19.9. The first-order chi connectivity index (χ1) is 28.5. The van der Waals surface area contributed by atoms with Crippen molar-refractivity contribution >= 4 is 21.9 Å². The molecule has 1 aliphatic carbocycles. The number of hydrogen-bond donors (Lipinski definition) is 0. The van der Waals surface area contributed by atoms with Gasteiger partial charge in [0.2, 0.25) is 0 Å². The third-order valence-corrected chi connectivity index (χ3v) is 11.9. The van der Waals surface area contributed by atoms with E-state index in [1.165, 1.54) is 33.4 Å². The van der Waals surface area contributed by atoms with E-state index in [4.69, 9.17) is 14.4 Å². The first kappa shape index (κ1) is 33.9. The fourth-order valence-electron chi connectivity index (χ4n) is 8.92. The Morgan fingerprint density at radius 3 is 1.74 bits per heavy atom. The predicted molar refractivity (Wildman–Crippen MR) is 239 cm³/mol. The minimum Gasteiger partial charge on any atom is -0.456 e. The average molecular weight is 743 g/mol. The number of hydrogen-bond acceptors (Lipinski definition) is 3. The molecule has 0 saturated carbocycles. The van der Waals surface area contributed by atoms with E-state index in [0.717, 1.165) is 72.3 Å². The van der Waals surface area contributed by atoms with Gasteiger partial charge >= 0.3 is 0 Å². The largest absolute Gasteiger partial charge is 0.456 e. The summed E-state index contributed by atoms with van der Waals surface area (Å²) >= 11 is 0. The third-order valence-electron chi connectivity index (χ3n) is 11.9. The molecular formula is C55H38N2O. The van der Waals surface area contributed by atoms with Gasteiger partial charge in [0.05, 0.1) is 11.4 Å². The van der Waals surface area contributed by atoms with Gasteiger partial charge in [-0.25, -0.2) is 9.97 Å². The molecule has 10 aromatic rings. The summed E-state index contributed by atoms with van der Waals surface area (Å²) < 4.78 is 6.33. The summed E-state index contributed by atoms with van der Waals surface area (Å²) in [6.45, 7) is 4.66. The van der Waals surface area contributed by atoms with Crippen molar-refractivity contribution in [2.24, 2.45) is 0 Å². The van der Waals surface area contributed by atoms with E-state index in [2.05, 4.69) is 190 Å². The number of furan rings is 1. The lowest BCUT2D eigenvalue weighted by molar-refractivity contribution is 0.660. The van der Waals surface area contributed by atoms with Crippen LogP contribution in [0.4, 0.5) is 0 Å². The third kappa shape index (κ3) is 5.66. The second kappa shape index (κ2) is 13.4. The number of nitrogens with zero attached hydrogens (tertiary/aromatic N) is 2. The Labute approximate surface area is 338 Å². The number of para-hydroxylation sites is 1. The fourth-order valence-corrected chi connectivity index (χ4v) is 8.92. The number of benzene rings is 8. The van der Waals surface area contributed by atoms with E-state index in [-0.39, 0.29) is 5.41 Å². The maximum absolute atomic E-state index is 6.33. The Bertz CT molecular complexity index is 3180. The number of aromatic nitrogens is 2. The quantitative estimate of drug-likeness (QED) is 0.170. The van der Waals surface area contributed by atoms with Gasteiger partial charge in [0, 0.05) is 32.9 Å². The van der Waals surface area contributed by atoms with Crippen molar-refractivity contribution in [3.63, 3.8) is 0 Å². The van der Waals surface area contributed by atoms with Gasteiger partial charge in [-0.2, -0.15) is 0 Å². The van der Waals surface area contributed by atoms with Gasteiger partial charge in [-0.05, 0) is 98.1 Å². The zero-order valence-corrected chi connectivity index (χ0v) is 32.3. The van der Waals surface area contributed by atoms with Crippen molar-refractivity contribution in [1.29, 1.82) is 0 Å². The van der Waals surface area contributed by atoms with E-state index in [0.29, 0.717) is 5.82 Å². The van der Waals surface area contributed by atoms with Crippen LogP contribution in [-0.2, 0) is 5.41 Å². The summed E-state index contributed by atoms with van der Waals surface area (Å²) in [5, 5.41) is 2.21. The highest BCUT2D eigenvalue weighted by molar-refractivity contribution is 6.12.